The lowest BCUT2D eigenvalue weighted by molar-refractivity contribution is 0.0261. The van der Waals surface area contributed by atoms with Crippen LogP contribution in [0.4, 0.5) is 0 Å². The monoisotopic (exact) mass is 181 g/mol. The van der Waals surface area contributed by atoms with Crippen LogP contribution in [0.15, 0.2) is 0 Å². The van der Waals surface area contributed by atoms with E-state index in [9.17, 15) is 0 Å². The van der Waals surface area contributed by atoms with Crippen LogP contribution >= 0.6 is 12.4 Å². The molecule has 1 fully saturated rings. The van der Waals surface area contributed by atoms with Gasteiger partial charge in [-0.25, -0.2) is 0 Å². The Bertz CT molecular complexity index is 113. The third-order valence-corrected chi connectivity index (χ3v) is 2.01. The first kappa shape index (κ1) is 11.2. The molecule has 0 radical (unpaired) electrons. The summed E-state index contributed by atoms with van der Waals surface area (Å²) < 4.78 is 5.32. The molecule has 0 aromatic heterocycles. The molecule has 11 heavy (non-hydrogen) atoms. The summed E-state index contributed by atoms with van der Waals surface area (Å²) in [7, 11) is 0. The summed E-state index contributed by atoms with van der Waals surface area (Å²) in [6.07, 6.45) is 2.10. The molecule has 0 aliphatic carbocycles. The Kier molecular flexibility index (Phi) is 4.32. The zero-order valence-electron chi connectivity index (χ0n) is 6.75. The molecule has 4 heteroatoms. The number of rotatable bonds is 2. The topological polar surface area (TPSA) is 55.5 Å². The molecule has 1 saturated heterocycles. The highest BCUT2D eigenvalue weighted by atomic mass is 35.5. The van der Waals surface area contributed by atoms with Crippen LogP contribution in [-0.4, -0.2) is 30.0 Å². The van der Waals surface area contributed by atoms with E-state index in [0.717, 1.165) is 19.4 Å². The minimum Gasteiger partial charge on any atom is -0.394 e. The van der Waals surface area contributed by atoms with E-state index in [-0.39, 0.29) is 25.1 Å². The summed E-state index contributed by atoms with van der Waals surface area (Å²) in [6.45, 7) is 2.61. The summed E-state index contributed by atoms with van der Waals surface area (Å²) in [5.74, 6) is 0. The zero-order chi connectivity index (χ0) is 7.61. The molecule has 0 aromatic rings. The van der Waals surface area contributed by atoms with E-state index in [2.05, 4.69) is 0 Å². The smallest absolute Gasteiger partial charge is 0.0775 e. The first-order chi connectivity index (χ1) is 4.67. The van der Waals surface area contributed by atoms with E-state index in [1.807, 2.05) is 6.92 Å². The molecule has 3 N–H and O–H groups in total. The Morgan fingerprint density at radius 2 is 2.36 bits per heavy atom. The molecule has 2 unspecified atom stereocenters. The molecule has 68 valence electrons. The number of hydrogen-bond donors (Lipinski definition) is 2. The van der Waals surface area contributed by atoms with Gasteiger partial charge in [-0.3, -0.25) is 0 Å². The number of aliphatic hydroxyl groups is 1. The predicted molar refractivity (Wildman–Crippen MR) is 45.9 cm³/mol. The van der Waals surface area contributed by atoms with Gasteiger partial charge in [0, 0.05) is 6.61 Å². The van der Waals surface area contributed by atoms with Crippen LogP contribution in [0.1, 0.15) is 19.8 Å². The summed E-state index contributed by atoms with van der Waals surface area (Å²) in [4.78, 5) is 0. The molecule has 0 amide bonds. The van der Waals surface area contributed by atoms with Crippen molar-refractivity contribution in [2.45, 2.75) is 31.4 Å². The van der Waals surface area contributed by atoms with Crippen molar-refractivity contribution in [2.75, 3.05) is 13.2 Å². The van der Waals surface area contributed by atoms with Gasteiger partial charge >= 0.3 is 0 Å². The fraction of sp³-hybridized carbons (Fsp3) is 1.00. The van der Waals surface area contributed by atoms with Gasteiger partial charge in [-0.1, -0.05) is 0 Å². The molecule has 3 nitrogen and oxygen atoms in total. The molecule has 2 atom stereocenters. The number of nitrogens with two attached hydrogens (primary N) is 1. The van der Waals surface area contributed by atoms with E-state index in [1.54, 1.807) is 0 Å². The molecule has 1 rings (SSSR count). The molecule has 0 spiro atoms. The second kappa shape index (κ2) is 4.26. The van der Waals surface area contributed by atoms with Crippen LogP contribution in [0.2, 0.25) is 0 Å². The van der Waals surface area contributed by atoms with Crippen molar-refractivity contribution < 1.29 is 9.84 Å². The summed E-state index contributed by atoms with van der Waals surface area (Å²) >= 11 is 0. The van der Waals surface area contributed by atoms with Gasteiger partial charge in [-0.15, -0.1) is 12.4 Å². The van der Waals surface area contributed by atoms with Gasteiger partial charge in [0.15, 0.2) is 0 Å². The maximum atomic E-state index is 8.85. The van der Waals surface area contributed by atoms with Crippen molar-refractivity contribution in [1.82, 2.24) is 0 Å². The van der Waals surface area contributed by atoms with Gasteiger partial charge < -0.3 is 15.6 Å². The number of ether oxygens (including phenoxy) is 1. The normalized spacial score (nSPS) is 29.2. The zero-order valence-corrected chi connectivity index (χ0v) is 7.56. The van der Waals surface area contributed by atoms with Crippen molar-refractivity contribution in [3.8, 4) is 0 Å². The van der Waals surface area contributed by atoms with Gasteiger partial charge in [-0.2, -0.15) is 0 Å². The molecular weight excluding hydrogens is 166 g/mol. The first-order valence-corrected chi connectivity index (χ1v) is 3.68. The van der Waals surface area contributed by atoms with Gasteiger partial charge in [0.25, 0.3) is 0 Å². The Morgan fingerprint density at radius 3 is 2.73 bits per heavy atom. The summed E-state index contributed by atoms with van der Waals surface area (Å²) in [5.41, 5.74) is 5.20. The molecule has 1 heterocycles. The third-order valence-electron chi connectivity index (χ3n) is 2.01. The number of halogens is 1. The second-order valence-electron chi connectivity index (χ2n) is 3.17. The van der Waals surface area contributed by atoms with Crippen LogP contribution in [-0.2, 0) is 4.74 Å². The van der Waals surface area contributed by atoms with Gasteiger partial charge in [0.05, 0.1) is 18.2 Å². The average molecular weight is 182 g/mol. The minimum atomic E-state index is -0.545. The van der Waals surface area contributed by atoms with Crippen molar-refractivity contribution in [3.63, 3.8) is 0 Å². The lowest BCUT2D eigenvalue weighted by Crippen LogP contribution is -2.50. The SMILES string of the molecule is CC(N)(CO)C1CCCO1.Cl. The standard InChI is InChI=1S/C7H15NO2.ClH/c1-7(8,5-9)6-3-2-4-10-6;/h6,9H,2-5,8H2,1H3;1H. The van der Waals surface area contributed by atoms with Gasteiger partial charge in [0.2, 0.25) is 0 Å². The maximum Gasteiger partial charge on any atom is 0.0775 e. The lowest BCUT2D eigenvalue weighted by atomic mass is 9.95. The minimum absolute atomic E-state index is 0. The molecule has 1 aliphatic rings. The largest absolute Gasteiger partial charge is 0.394 e. The van der Waals surface area contributed by atoms with Crippen LogP contribution in [0.25, 0.3) is 0 Å². The Morgan fingerprint density at radius 1 is 1.73 bits per heavy atom. The predicted octanol–water partition coefficient (Wildman–Crippen LogP) is 0.297. The molecule has 0 bridgehead atoms. The molecule has 1 aliphatic heterocycles. The Labute approximate surface area is 73.3 Å². The second-order valence-corrected chi connectivity index (χ2v) is 3.17. The molecule has 0 saturated carbocycles. The van der Waals surface area contributed by atoms with Crippen molar-refractivity contribution >= 4 is 12.4 Å². The Hall–Kier alpha value is 0.170. The molecular formula is C7H16ClNO2. The van der Waals surface area contributed by atoms with Crippen LogP contribution in [0.5, 0.6) is 0 Å². The maximum absolute atomic E-state index is 8.85. The van der Waals surface area contributed by atoms with E-state index in [1.165, 1.54) is 0 Å². The Balaban J connectivity index is 0.000001000. The average Bonchev–Trinajstić information content (AvgIpc) is 2.38. The number of hydrogen-bond acceptors (Lipinski definition) is 3. The molecule has 0 aromatic carbocycles. The summed E-state index contributed by atoms with van der Waals surface area (Å²) in [5, 5.41) is 8.85. The highest BCUT2D eigenvalue weighted by Crippen LogP contribution is 2.21. The van der Waals surface area contributed by atoms with Crippen molar-refractivity contribution in [2.24, 2.45) is 5.73 Å². The van der Waals surface area contributed by atoms with Crippen molar-refractivity contribution in [3.05, 3.63) is 0 Å². The summed E-state index contributed by atoms with van der Waals surface area (Å²) in [6, 6.07) is 0. The fourth-order valence-corrected chi connectivity index (χ4v) is 1.20. The highest BCUT2D eigenvalue weighted by molar-refractivity contribution is 5.85. The highest BCUT2D eigenvalue weighted by Gasteiger charge is 2.32. The number of aliphatic hydroxyl groups excluding tert-OH is 1. The van der Waals surface area contributed by atoms with Crippen LogP contribution in [0.3, 0.4) is 0 Å². The first-order valence-electron chi connectivity index (χ1n) is 3.68. The quantitative estimate of drug-likeness (QED) is 0.644. The van der Waals surface area contributed by atoms with Gasteiger partial charge in [0.1, 0.15) is 0 Å². The van der Waals surface area contributed by atoms with E-state index >= 15 is 0 Å². The van der Waals surface area contributed by atoms with Gasteiger partial charge in [-0.05, 0) is 19.8 Å². The van der Waals surface area contributed by atoms with Crippen LogP contribution in [0, 0.1) is 0 Å². The van der Waals surface area contributed by atoms with E-state index < -0.39 is 5.54 Å². The van der Waals surface area contributed by atoms with Crippen molar-refractivity contribution in [1.29, 1.82) is 0 Å². The van der Waals surface area contributed by atoms with E-state index in [4.69, 9.17) is 15.6 Å². The lowest BCUT2D eigenvalue weighted by Gasteiger charge is -2.27. The van der Waals surface area contributed by atoms with E-state index in [0.29, 0.717) is 0 Å². The fourth-order valence-electron chi connectivity index (χ4n) is 1.20. The third kappa shape index (κ3) is 2.60. The van der Waals surface area contributed by atoms with Crippen LogP contribution < -0.4 is 5.73 Å².